The molecule has 0 aliphatic heterocycles. The second-order valence-corrected chi connectivity index (χ2v) is 8.10. The van der Waals surface area contributed by atoms with E-state index in [2.05, 4.69) is 80.0 Å². The molecule has 1 aliphatic carbocycles. The molecule has 0 aromatic heterocycles. The van der Waals surface area contributed by atoms with Gasteiger partial charge in [-0.2, -0.15) is 0 Å². The Labute approximate surface area is 183 Å². The highest BCUT2D eigenvalue weighted by Gasteiger charge is 2.11. The summed E-state index contributed by atoms with van der Waals surface area (Å²) in [4.78, 5) is 0. The molecule has 0 amide bonds. The molecule has 166 valence electrons. The van der Waals surface area contributed by atoms with Crippen molar-refractivity contribution in [2.24, 2.45) is 11.8 Å². The Balaban J connectivity index is 1.83. The average Bonchev–Trinajstić information content (AvgIpc) is 2.73. The molecule has 2 N–H and O–H groups in total. The topological polar surface area (TPSA) is 42.5 Å². The monoisotopic (exact) mass is 412 g/mol. The second-order valence-electron chi connectivity index (χ2n) is 8.10. The zero-order chi connectivity index (χ0) is 21.6. The zero-order valence-corrected chi connectivity index (χ0v) is 19.2. The average molecular weight is 413 g/mol. The van der Waals surface area contributed by atoms with Gasteiger partial charge in [-0.3, -0.25) is 0 Å². The third-order valence-corrected chi connectivity index (χ3v) is 5.31. The van der Waals surface area contributed by atoms with Gasteiger partial charge < -0.3 is 20.1 Å². The SMILES string of the molecule is CCCNCCOCCOC1=C\CC(C)C[C@H](/C=C/c2ccc(NC)c(C)c2)/C=C\1. The van der Waals surface area contributed by atoms with Crippen LogP contribution in [0.4, 0.5) is 5.69 Å². The van der Waals surface area contributed by atoms with Crippen molar-refractivity contribution in [3.05, 3.63) is 59.4 Å². The van der Waals surface area contributed by atoms with Crippen LogP contribution < -0.4 is 10.6 Å². The van der Waals surface area contributed by atoms with Crippen LogP contribution in [0.5, 0.6) is 0 Å². The Kier molecular flexibility index (Phi) is 11.3. The molecule has 1 aliphatic rings. The number of nitrogens with one attached hydrogen (secondary N) is 2. The van der Waals surface area contributed by atoms with E-state index in [-0.39, 0.29) is 0 Å². The highest BCUT2D eigenvalue weighted by molar-refractivity contribution is 5.59. The zero-order valence-electron chi connectivity index (χ0n) is 19.2. The van der Waals surface area contributed by atoms with E-state index < -0.39 is 0 Å². The van der Waals surface area contributed by atoms with Gasteiger partial charge in [0.05, 0.1) is 13.2 Å². The van der Waals surface area contributed by atoms with Crippen molar-refractivity contribution < 1.29 is 9.47 Å². The molecular weight excluding hydrogens is 372 g/mol. The lowest BCUT2D eigenvalue weighted by atomic mass is 9.90. The predicted octanol–water partition coefficient (Wildman–Crippen LogP) is 5.57. The molecule has 1 unspecified atom stereocenters. The third-order valence-electron chi connectivity index (χ3n) is 5.31. The smallest absolute Gasteiger partial charge is 0.115 e. The van der Waals surface area contributed by atoms with Crippen LogP contribution in [0.15, 0.2) is 48.3 Å². The van der Waals surface area contributed by atoms with Gasteiger partial charge in [0.25, 0.3) is 0 Å². The standard InChI is InChI=1S/C26H40N2O2/c1-5-14-28-15-16-29-17-18-30-25-11-6-21(2)19-23(9-12-25)7-8-24-10-13-26(27-4)22(3)20-24/h7-13,20-21,23,27-28H,5-6,14-19H2,1-4H3/b8-7+,12-9-,25-11-/t21?,23-/m1/s1. The summed E-state index contributed by atoms with van der Waals surface area (Å²) in [5, 5.41) is 6.56. The Bertz CT molecular complexity index is 709. The molecule has 1 aromatic rings. The second kappa shape index (κ2) is 14.1. The van der Waals surface area contributed by atoms with Crippen molar-refractivity contribution >= 4 is 11.8 Å². The molecule has 4 heteroatoms. The first kappa shape index (κ1) is 24.2. The molecule has 0 saturated carbocycles. The van der Waals surface area contributed by atoms with Gasteiger partial charge in [-0.1, -0.05) is 38.1 Å². The number of allylic oxidation sites excluding steroid dienone is 4. The summed E-state index contributed by atoms with van der Waals surface area (Å²) >= 11 is 0. The maximum Gasteiger partial charge on any atom is 0.115 e. The van der Waals surface area contributed by atoms with Crippen molar-refractivity contribution in [2.75, 3.05) is 45.3 Å². The lowest BCUT2D eigenvalue weighted by Crippen LogP contribution is -2.21. The van der Waals surface area contributed by atoms with Crippen LogP contribution in [-0.2, 0) is 9.47 Å². The number of aryl methyl sites for hydroxylation is 1. The minimum absolute atomic E-state index is 0.414. The van der Waals surface area contributed by atoms with Gasteiger partial charge in [-0.05, 0) is 80.0 Å². The summed E-state index contributed by atoms with van der Waals surface area (Å²) in [6.07, 6.45) is 14.5. The first-order valence-corrected chi connectivity index (χ1v) is 11.4. The highest BCUT2D eigenvalue weighted by atomic mass is 16.5. The molecular formula is C26H40N2O2. The van der Waals surface area contributed by atoms with Crippen LogP contribution in [0, 0.1) is 18.8 Å². The number of hydrogen-bond acceptors (Lipinski definition) is 4. The Morgan fingerprint density at radius 1 is 1.17 bits per heavy atom. The van der Waals surface area contributed by atoms with Crippen LogP contribution in [0.2, 0.25) is 0 Å². The summed E-state index contributed by atoms with van der Waals surface area (Å²) in [7, 11) is 1.96. The lowest BCUT2D eigenvalue weighted by molar-refractivity contribution is 0.0798. The number of hydrogen-bond donors (Lipinski definition) is 2. The normalized spacial score (nSPS) is 22.2. The van der Waals surface area contributed by atoms with Crippen molar-refractivity contribution in [1.82, 2.24) is 5.32 Å². The molecule has 0 heterocycles. The number of benzene rings is 1. The van der Waals surface area contributed by atoms with Crippen LogP contribution in [0.25, 0.3) is 6.08 Å². The highest BCUT2D eigenvalue weighted by Crippen LogP contribution is 2.24. The van der Waals surface area contributed by atoms with Crippen molar-refractivity contribution in [3.8, 4) is 0 Å². The quantitative estimate of drug-likeness (QED) is 0.441. The number of anilines is 1. The van der Waals surface area contributed by atoms with E-state index in [4.69, 9.17) is 9.47 Å². The van der Waals surface area contributed by atoms with E-state index in [1.807, 2.05) is 7.05 Å². The predicted molar refractivity (Wildman–Crippen MR) is 129 cm³/mol. The maximum atomic E-state index is 5.94. The van der Waals surface area contributed by atoms with Gasteiger partial charge in [-0.15, -0.1) is 0 Å². The fraction of sp³-hybridized carbons (Fsp3) is 0.538. The Morgan fingerprint density at radius 2 is 2.03 bits per heavy atom. The Hall–Kier alpha value is -2.04. The van der Waals surface area contributed by atoms with Gasteiger partial charge in [0, 0.05) is 19.3 Å². The van der Waals surface area contributed by atoms with Crippen molar-refractivity contribution in [1.29, 1.82) is 0 Å². The van der Waals surface area contributed by atoms with Gasteiger partial charge in [0.15, 0.2) is 0 Å². The molecule has 4 nitrogen and oxygen atoms in total. The van der Waals surface area contributed by atoms with E-state index in [1.165, 1.54) is 16.8 Å². The van der Waals surface area contributed by atoms with E-state index in [0.29, 0.717) is 25.0 Å². The molecule has 0 saturated heterocycles. The number of rotatable bonds is 12. The minimum Gasteiger partial charge on any atom is -0.492 e. The molecule has 1 aromatic carbocycles. The fourth-order valence-corrected chi connectivity index (χ4v) is 3.57. The molecule has 2 rings (SSSR count). The van der Waals surface area contributed by atoms with E-state index in [0.717, 1.165) is 44.7 Å². The first-order chi connectivity index (χ1) is 14.6. The van der Waals surface area contributed by atoms with Gasteiger partial charge >= 0.3 is 0 Å². The lowest BCUT2D eigenvalue weighted by Gasteiger charge is -2.18. The first-order valence-electron chi connectivity index (χ1n) is 11.4. The van der Waals surface area contributed by atoms with Gasteiger partial charge in [0.2, 0.25) is 0 Å². The van der Waals surface area contributed by atoms with Crippen LogP contribution in [-0.4, -0.2) is 40.0 Å². The minimum atomic E-state index is 0.414. The molecule has 30 heavy (non-hydrogen) atoms. The molecule has 0 fully saturated rings. The van der Waals surface area contributed by atoms with Gasteiger partial charge in [-0.25, -0.2) is 0 Å². The summed E-state index contributed by atoms with van der Waals surface area (Å²) in [6, 6.07) is 6.53. The number of ether oxygens (including phenoxy) is 2. The molecule has 0 spiro atoms. The Morgan fingerprint density at radius 3 is 2.80 bits per heavy atom. The summed E-state index contributed by atoms with van der Waals surface area (Å²) in [6.45, 7) is 10.5. The summed E-state index contributed by atoms with van der Waals surface area (Å²) in [5.74, 6) is 2.00. The molecule has 0 bridgehead atoms. The van der Waals surface area contributed by atoms with Gasteiger partial charge in [0.1, 0.15) is 12.4 Å². The van der Waals surface area contributed by atoms with E-state index in [1.54, 1.807) is 0 Å². The van der Waals surface area contributed by atoms with Crippen LogP contribution in [0.1, 0.15) is 44.2 Å². The van der Waals surface area contributed by atoms with Crippen LogP contribution in [0.3, 0.4) is 0 Å². The third kappa shape index (κ3) is 9.19. The molecule has 0 radical (unpaired) electrons. The van der Waals surface area contributed by atoms with Crippen LogP contribution >= 0.6 is 0 Å². The summed E-state index contributed by atoms with van der Waals surface area (Å²) in [5.41, 5.74) is 3.69. The fourth-order valence-electron chi connectivity index (χ4n) is 3.57. The van der Waals surface area contributed by atoms with E-state index >= 15 is 0 Å². The van der Waals surface area contributed by atoms with E-state index in [9.17, 15) is 0 Å². The van der Waals surface area contributed by atoms with Crippen molar-refractivity contribution in [2.45, 2.75) is 40.0 Å². The molecule has 2 atom stereocenters. The maximum absolute atomic E-state index is 5.94. The summed E-state index contributed by atoms with van der Waals surface area (Å²) < 4.78 is 11.6. The van der Waals surface area contributed by atoms with Crippen molar-refractivity contribution in [3.63, 3.8) is 0 Å². The largest absolute Gasteiger partial charge is 0.492 e.